The van der Waals surface area contributed by atoms with Crippen molar-refractivity contribution >= 4 is 5.69 Å². The van der Waals surface area contributed by atoms with E-state index in [1.807, 2.05) is 25.1 Å². The molecule has 1 aromatic carbocycles. The van der Waals surface area contributed by atoms with Crippen molar-refractivity contribution in [3.05, 3.63) is 23.8 Å². The summed E-state index contributed by atoms with van der Waals surface area (Å²) in [7, 11) is 0. The second-order valence-corrected chi connectivity index (χ2v) is 4.65. The molecule has 2 N–H and O–H groups in total. The Balaban J connectivity index is 1.72. The van der Waals surface area contributed by atoms with E-state index in [1.165, 1.54) is 12.8 Å². The number of nitrogens with two attached hydrogens (primary N) is 1. The van der Waals surface area contributed by atoms with Crippen LogP contribution >= 0.6 is 0 Å². The molecule has 1 heterocycles. The predicted octanol–water partition coefficient (Wildman–Crippen LogP) is 2.92. The largest absolute Gasteiger partial charge is 0.493 e. The second-order valence-electron chi connectivity index (χ2n) is 4.65. The van der Waals surface area contributed by atoms with Crippen LogP contribution in [-0.4, -0.2) is 19.3 Å². The van der Waals surface area contributed by atoms with Crippen LogP contribution in [-0.2, 0) is 4.74 Å². The van der Waals surface area contributed by atoms with Crippen LogP contribution in [0.5, 0.6) is 5.75 Å². The molecule has 0 saturated carbocycles. The average Bonchev–Trinajstić information content (AvgIpc) is 2.82. The third-order valence-electron chi connectivity index (χ3n) is 3.16. The van der Waals surface area contributed by atoms with Crippen LogP contribution in [0.1, 0.15) is 31.2 Å². The molecule has 1 aromatic rings. The lowest BCUT2D eigenvalue weighted by atomic mass is 10.1. The van der Waals surface area contributed by atoms with Gasteiger partial charge in [0.1, 0.15) is 5.75 Å². The summed E-state index contributed by atoms with van der Waals surface area (Å²) in [6, 6.07) is 5.78. The molecule has 1 aliphatic heterocycles. The van der Waals surface area contributed by atoms with Gasteiger partial charge in [-0.3, -0.25) is 0 Å². The molecule has 0 spiro atoms. The fraction of sp³-hybridized carbons (Fsp3) is 0.571. The minimum absolute atomic E-state index is 0.459. The van der Waals surface area contributed by atoms with E-state index in [1.54, 1.807) is 0 Å². The fourth-order valence-corrected chi connectivity index (χ4v) is 2.14. The monoisotopic (exact) mass is 235 g/mol. The van der Waals surface area contributed by atoms with Gasteiger partial charge in [0.25, 0.3) is 0 Å². The topological polar surface area (TPSA) is 44.5 Å². The number of hydrogen-bond acceptors (Lipinski definition) is 3. The molecule has 94 valence electrons. The van der Waals surface area contributed by atoms with Crippen LogP contribution in [0.3, 0.4) is 0 Å². The van der Waals surface area contributed by atoms with Crippen LogP contribution in [0.4, 0.5) is 5.69 Å². The zero-order chi connectivity index (χ0) is 12.1. The maximum Gasteiger partial charge on any atom is 0.124 e. The van der Waals surface area contributed by atoms with Crippen molar-refractivity contribution in [2.24, 2.45) is 0 Å². The summed E-state index contributed by atoms with van der Waals surface area (Å²) in [4.78, 5) is 0. The average molecular weight is 235 g/mol. The van der Waals surface area contributed by atoms with Crippen LogP contribution in [0.25, 0.3) is 0 Å². The first-order valence-electron chi connectivity index (χ1n) is 6.36. The molecule has 0 bridgehead atoms. The summed E-state index contributed by atoms with van der Waals surface area (Å²) in [5, 5.41) is 0. The molecule has 0 amide bonds. The number of hydrogen-bond donors (Lipinski definition) is 1. The molecular weight excluding hydrogens is 214 g/mol. The van der Waals surface area contributed by atoms with Crippen LogP contribution < -0.4 is 10.5 Å². The van der Waals surface area contributed by atoms with Gasteiger partial charge in [0.2, 0.25) is 0 Å². The van der Waals surface area contributed by atoms with E-state index in [0.29, 0.717) is 6.10 Å². The standard InChI is InChI=1S/C14H21NO2/c1-11-6-7-12(15)10-14(11)17-9-3-5-13-4-2-8-16-13/h6-7,10,13H,2-5,8-9,15H2,1H3. The van der Waals surface area contributed by atoms with Gasteiger partial charge in [-0.1, -0.05) is 6.07 Å². The Morgan fingerprint density at radius 3 is 3.12 bits per heavy atom. The molecule has 0 aliphatic carbocycles. The van der Waals surface area contributed by atoms with E-state index in [9.17, 15) is 0 Å². The van der Waals surface area contributed by atoms with Gasteiger partial charge in [-0.15, -0.1) is 0 Å². The van der Waals surface area contributed by atoms with Crippen LogP contribution in [0.15, 0.2) is 18.2 Å². The molecule has 0 radical (unpaired) electrons. The van der Waals surface area contributed by atoms with E-state index < -0.39 is 0 Å². The van der Waals surface area contributed by atoms with E-state index >= 15 is 0 Å². The Labute approximate surface area is 103 Å². The summed E-state index contributed by atoms with van der Waals surface area (Å²) in [6.45, 7) is 3.71. The van der Waals surface area contributed by atoms with Gasteiger partial charge >= 0.3 is 0 Å². The van der Waals surface area contributed by atoms with Crippen LogP contribution in [0.2, 0.25) is 0 Å². The molecule has 1 unspecified atom stereocenters. The Morgan fingerprint density at radius 1 is 1.47 bits per heavy atom. The Hall–Kier alpha value is -1.22. The van der Waals surface area contributed by atoms with Crippen molar-refractivity contribution < 1.29 is 9.47 Å². The molecule has 3 heteroatoms. The van der Waals surface area contributed by atoms with E-state index in [2.05, 4.69) is 0 Å². The third-order valence-corrected chi connectivity index (χ3v) is 3.16. The smallest absolute Gasteiger partial charge is 0.124 e. The van der Waals surface area contributed by atoms with Gasteiger partial charge in [-0.2, -0.15) is 0 Å². The number of ether oxygens (including phenoxy) is 2. The van der Waals surface area contributed by atoms with Gasteiger partial charge in [0.15, 0.2) is 0 Å². The molecule has 1 fully saturated rings. The molecule has 1 saturated heterocycles. The molecule has 0 aromatic heterocycles. The normalized spacial score (nSPS) is 19.5. The SMILES string of the molecule is Cc1ccc(N)cc1OCCCC1CCCO1. The highest BCUT2D eigenvalue weighted by molar-refractivity contribution is 5.47. The van der Waals surface area contributed by atoms with Crippen LogP contribution in [0, 0.1) is 6.92 Å². The van der Waals surface area contributed by atoms with Crippen molar-refractivity contribution in [1.82, 2.24) is 0 Å². The number of anilines is 1. The van der Waals surface area contributed by atoms with Gasteiger partial charge < -0.3 is 15.2 Å². The molecule has 17 heavy (non-hydrogen) atoms. The van der Waals surface area contributed by atoms with E-state index in [4.69, 9.17) is 15.2 Å². The number of benzene rings is 1. The maximum absolute atomic E-state index is 5.74. The van der Waals surface area contributed by atoms with Gasteiger partial charge in [0.05, 0.1) is 12.7 Å². The third kappa shape index (κ3) is 3.63. The first-order chi connectivity index (χ1) is 8.25. The highest BCUT2D eigenvalue weighted by Gasteiger charge is 2.14. The minimum Gasteiger partial charge on any atom is -0.493 e. The highest BCUT2D eigenvalue weighted by Crippen LogP contribution is 2.22. The van der Waals surface area contributed by atoms with Crippen molar-refractivity contribution in [1.29, 1.82) is 0 Å². The summed E-state index contributed by atoms with van der Waals surface area (Å²) >= 11 is 0. The van der Waals surface area contributed by atoms with E-state index in [0.717, 1.165) is 43.1 Å². The molecular formula is C14H21NO2. The summed E-state index contributed by atoms with van der Waals surface area (Å²) in [5.74, 6) is 0.900. The molecule has 1 aliphatic rings. The lowest BCUT2D eigenvalue weighted by Gasteiger charge is -2.12. The van der Waals surface area contributed by atoms with Gasteiger partial charge in [-0.05, 0) is 44.2 Å². The van der Waals surface area contributed by atoms with Crippen molar-refractivity contribution in [2.45, 2.75) is 38.7 Å². The minimum atomic E-state index is 0.459. The number of rotatable bonds is 5. The zero-order valence-corrected chi connectivity index (χ0v) is 10.4. The number of nitrogen functional groups attached to an aromatic ring is 1. The van der Waals surface area contributed by atoms with E-state index in [-0.39, 0.29) is 0 Å². The Bertz CT molecular complexity index is 359. The number of aryl methyl sites for hydroxylation is 1. The maximum atomic E-state index is 5.74. The van der Waals surface area contributed by atoms with Crippen molar-refractivity contribution in [3.63, 3.8) is 0 Å². The summed E-state index contributed by atoms with van der Waals surface area (Å²) in [5.41, 5.74) is 7.62. The molecule has 2 rings (SSSR count). The molecule has 3 nitrogen and oxygen atoms in total. The quantitative estimate of drug-likeness (QED) is 0.630. The van der Waals surface area contributed by atoms with Gasteiger partial charge in [-0.25, -0.2) is 0 Å². The Morgan fingerprint density at radius 2 is 2.35 bits per heavy atom. The lowest BCUT2D eigenvalue weighted by molar-refractivity contribution is 0.0981. The fourth-order valence-electron chi connectivity index (χ4n) is 2.14. The van der Waals surface area contributed by atoms with Gasteiger partial charge in [0, 0.05) is 18.4 Å². The highest BCUT2D eigenvalue weighted by atomic mass is 16.5. The predicted molar refractivity (Wildman–Crippen MR) is 69.3 cm³/mol. The lowest BCUT2D eigenvalue weighted by Crippen LogP contribution is -2.08. The molecule has 1 atom stereocenters. The first-order valence-corrected chi connectivity index (χ1v) is 6.36. The summed E-state index contributed by atoms with van der Waals surface area (Å²) < 4.78 is 11.3. The first kappa shape index (κ1) is 12.2. The summed E-state index contributed by atoms with van der Waals surface area (Å²) in [6.07, 6.45) is 5.01. The Kier molecular flexibility index (Phi) is 4.26. The van der Waals surface area contributed by atoms with Crippen molar-refractivity contribution in [3.8, 4) is 5.75 Å². The second kappa shape index (κ2) is 5.92. The zero-order valence-electron chi connectivity index (χ0n) is 10.4. The van der Waals surface area contributed by atoms with Crippen molar-refractivity contribution in [2.75, 3.05) is 18.9 Å².